The van der Waals surface area contributed by atoms with Gasteiger partial charge in [0.25, 0.3) is 0 Å². The van der Waals surface area contributed by atoms with E-state index in [2.05, 4.69) is 20.9 Å². The third-order valence-corrected chi connectivity index (χ3v) is 4.41. The van der Waals surface area contributed by atoms with E-state index in [1.165, 1.54) is 10.6 Å². The number of ether oxygens (including phenoxy) is 1. The summed E-state index contributed by atoms with van der Waals surface area (Å²) in [4.78, 5) is 16.1. The second kappa shape index (κ2) is 6.68. The van der Waals surface area contributed by atoms with Gasteiger partial charge >= 0.3 is 5.97 Å². The third-order valence-electron chi connectivity index (χ3n) is 3.76. The molecule has 1 aromatic heterocycles. The van der Waals surface area contributed by atoms with Gasteiger partial charge in [0.05, 0.1) is 17.3 Å². The maximum absolute atomic E-state index is 13.9. The van der Waals surface area contributed by atoms with Crippen molar-refractivity contribution < 1.29 is 19.0 Å². The standard InChI is InChI=1S/C18H14BrFN2O3/c1-10-16(18(23)24)22(12-4-6-13(25-2)7-5-12)17(21-10)11-3-8-14(19)15(20)9-11/h3-9H,1-2H3,(H,23,24). The zero-order valence-corrected chi connectivity index (χ0v) is 15.0. The highest BCUT2D eigenvalue weighted by Gasteiger charge is 2.22. The summed E-state index contributed by atoms with van der Waals surface area (Å²) in [7, 11) is 1.55. The first-order chi connectivity index (χ1) is 11.9. The average Bonchev–Trinajstić information content (AvgIpc) is 2.95. The van der Waals surface area contributed by atoms with Crippen molar-refractivity contribution in [3.63, 3.8) is 0 Å². The van der Waals surface area contributed by atoms with Gasteiger partial charge in [0.1, 0.15) is 17.4 Å². The van der Waals surface area contributed by atoms with E-state index in [0.29, 0.717) is 33.0 Å². The fourth-order valence-electron chi connectivity index (χ4n) is 2.59. The number of methoxy groups -OCH3 is 1. The molecule has 0 atom stereocenters. The Hall–Kier alpha value is -2.67. The van der Waals surface area contributed by atoms with Gasteiger partial charge in [0.15, 0.2) is 5.69 Å². The molecule has 5 nitrogen and oxygen atoms in total. The molecule has 0 radical (unpaired) electrons. The minimum atomic E-state index is -1.11. The van der Waals surface area contributed by atoms with Crippen molar-refractivity contribution in [1.82, 2.24) is 9.55 Å². The summed E-state index contributed by atoms with van der Waals surface area (Å²) in [6, 6.07) is 11.5. The Labute approximate surface area is 151 Å². The van der Waals surface area contributed by atoms with Gasteiger partial charge in [-0.1, -0.05) is 0 Å². The van der Waals surface area contributed by atoms with Crippen LogP contribution < -0.4 is 4.74 Å². The highest BCUT2D eigenvalue weighted by atomic mass is 79.9. The van der Waals surface area contributed by atoms with E-state index in [1.807, 2.05) is 0 Å². The first-order valence-corrected chi connectivity index (χ1v) is 8.14. The lowest BCUT2D eigenvalue weighted by molar-refractivity contribution is 0.0687. The van der Waals surface area contributed by atoms with Gasteiger partial charge in [-0.05, 0) is 65.3 Å². The molecule has 3 aromatic rings. The molecule has 0 aliphatic heterocycles. The van der Waals surface area contributed by atoms with E-state index in [4.69, 9.17) is 4.74 Å². The Bertz CT molecular complexity index is 952. The average molecular weight is 405 g/mol. The number of carboxylic acid groups (broad SMARTS) is 1. The fraction of sp³-hybridized carbons (Fsp3) is 0.111. The monoisotopic (exact) mass is 404 g/mol. The van der Waals surface area contributed by atoms with Gasteiger partial charge in [-0.25, -0.2) is 14.2 Å². The first-order valence-electron chi connectivity index (χ1n) is 7.35. The number of imidazole rings is 1. The normalized spacial score (nSPS) is 10.7. The number of carboxylic acids is 1. The smallest absolute Gasteiger partial charge is 0.354 e. The number of aromatic carboxylic acids is 1. The van der Waals surface area contributed by atoms with Crippen LogP contribution in [-0.2, 0) is 0 Å². The number of aryl methyl sites for hydroxylation is 1. The van der Waals surface area contributed by atoms with Crippen LogP contribution in [0.5, 0.6) is 5.75 Å². The lowest BCUT2D eigenvalue weighted by Crippen LogP contribution is -2.09. The highest BCUT2D eigenvalue weighted by Crippen LogP contribution is 2.29. The van der Waals surface area contributed by atoms with Gasteiger partial charge in [0, 0.05) is 11.3 Å². The molecule has 7 heteroatoms. The van der Waals surface area contributed by atoms with Crippen LogP contribution >= 0.6 is 15.9 Å². The molecular formula is C18H14BrFN2O3. The molecule has 0 saturated heterocycles. The van der Waals surface area contributed by atoms with Crippen LogP contribution in [0.1, 0.15) is 16.2 Å². The summed E-state index contributed by atoms with van der Waals surface area (Å²) in [5.41, 5.74) is 1.45. The molecule has 3 rings (SSSR count). The van der Waals surface area contributed by atoms with E-state index in [9.17, 15) is 14.3 Å². The van der Waals surface area contributed by atoms with Crippen molar-refractivity contribution in [3.8, 4) is 22.8 Å². The quantitative estimate of drug-likeness (QED) is 0.697. The van der Waals surface area contributed by atoms with Crippen molar-refractivity contribution in [2.75, 3.05) is 7.11 Å². The molecule has 0 aliphatic carbocycles. The zero-order valence-electron chi connectivity index (χ0n) is 13.5. The van der Waals surface area contributed by atoms with Crippen LogP contribution in [0.25, 0.3) is 17.1 Å². The SMILES string of the molecule is COc1ccc(-n2c(-c3ccc(Br)c(F)c3)nc(C)c2C(=O)O)cc1. The lowest BCUT2D eigenvalue weighted by atomic mass is 10.2. The minimum Gasteiger partial charge on any atom is -0.497 e. The van der Waals surface area contributed by atoms with E-state index >= 15 is 0 Å². The van der Waals surface area contributed by atoms with Crippen LogP contribution in [-0.4, -0.2) is 27.7 Å². The molecule has 0 fully saturated rings. The lowest BCUT2D eigenvalue weighted by Gasteiger charge is -2.11. The predicted octanol–water partition coefficient (Wildman–Crippen LogP) is 4.46. The van der Waals surface area contributed by atoms with Crippen molar-refractivity contribution in [2.45, 2.75) is 6.92 Å². The third kappa shape index (κ3) is 3.15. The predicted molar refractivity (Wildman–Crippen MR) is 94.9 cm³/mol. The van der Waals surface area contributed by atoms with Crippen LogP contribution in [0.3, 0.4) is 0 Å². The summed E-state index contributed by atoms with van der Waals surface area (Å²) < 4.78 is 20.9. The van der Waals surface area contributed by atoms with E-state index < -0.39 is 11.8 Å². The first kappa shape index (κ1) is 17.2. The van der Waals surface area contributed by atoms with Crippen molar-refractivity contribution in [1.29, 1.82) is 0 Å². The molecule has 0 amide bonds. The second-order valence-electron chi connectivity index (χ2n) is 5.34. The number of rotatable bonds is 4. The zero-order chi connectivity index (χ0) is 18.1. The van der Waals surface area contributed by atoms with E-state index in [-0.39, 0.29) is 5.69 Å². The maximum atomic E-state index is 13.9. The van der Waals surface area contributed by atoms with Crippen molar-refractivity contribution in [3.05, 3.63) is 64.1 Å². The molecular weight excluding hydrogens is 391 g/mol. The Morgan fingerprint density at radius 1 is 1.24 bits per heavy atom. The number of halogens is 2. The number of hydrogen-bond acceptors (Lipinski definition) is 3. The second-order valence-corrected chi connectivity index (χ2v) is 6.19. The molecule has 1 heterocycles. The highest BCUT2D eigenvalue weighted by molar-refractivity contribution is 9.10. The van der Waals surface area contributed by atoms with E-state index in [1.54, 1.807) is 50.4 Å². The minimum absolute atomic E-state index is 0.0310. The fourth-order valence-corrected chi connectivity index (χ4v) is 2.84. The van der Waals surface area contributed by atoms with Crippen LogP contribution in [0.2, 0.25) is 0 Å². The van der Waals surface area contributed by atoms with Gasteiger partial charge in [0.2, 0.25) is 0 Å². The largest absolute Gasteiger partial charge is 0.497 e. The Morgan fingerprint density at radius 2 is 1.92 bits per heavy atom. The molecule has 2 aromatic carbocycles. The van der Waals surface area contributed by atoms with Crippen LogP contribution in [0.4, 0.5) is 4.39 Å². The summed E-state index contributed by atoms with van der Waals surface area (Å²) >= 11 is 3.11. The number of carbonyl (C=O) groups is 1. The van der Waals surface area contributed by atoms with Crippen LogP contribution in [0, 0.1) is 12.7 Å². The van der Waals surface area contributed by atoms with Gasteiger partial charge in [-0.15, -0.1) is 0 Å². The molecule has 0 unspecified atom stereocenters. The molecule has 0 saturated carbocycles. The molecule has 0 aliphatic rings. The molecule has 25 heavy (non-hydrogen) atoms. The van der Waals surface area contributed by atoms with E-state index in [0.717, 1.165) is 0 Å². The molecule has 1 N–H and O–H groups in total. The Kier molecular flexibility index (Phi) is 4.59. The van der Waals surface area contributed by atoms with Crippen molar-refractivity contribution in [2.24, 2.45) is 0 Å². The molecule has 0 bridgehead atoms. The molecule has 128 valence electrons. The van der Waals surface area contributed by atoms with Crippen LogP contribution in [0.15, 0.2) is 46.9 Å². The Balaban J connectivity index is 2.26. The van der Waals surface area contributed by atoms with Gasteiger partial charge in [-0.2, -0.15) is 0 Å². The van der Waals surface area contributed by atoms with Gasteiger partial charge in [-0.3, -0.25) is 4.57 Å². The Morgan fingerprint density at radius 3 is 2.48 bits per heavy atom. The number of aromatic nitrogens is 2. The summed E-state index contributed by atoms with van der Waals surface area (Å²) in [5.74, 6) is -0.555. The molecule has 0 spiro atoms. The summed E-state index contributed by atoms with van der Waals surface area (Å²) in [6.07, 6.45) is 0. The summed E-state index contributed by atoms with van der Waals surface area (Å²) in [6.45, 7) is 1.61. The number of benzene rings is 2. The van der Waals surface area contributed by atoms with Gasteiger partial charge < -0.3 is 9.84 Å². The topological polar surface area (TPSA) is 64.4 Å². The number of nitrogens with zero attached hydrogens (tertiary/aromatic N) is 2. The van der Waals surface area contributed by atoms with Crippen molar-refractivity contribution >= 4 is 21.9 Å². The summed E-state index contributed by atoms with van der Waals surface area (Å²) in [5, 5.41) is 9.60. The maximum Gasteiger partial charge on any atom is 0.354 e. The number of hydrogen-bond donors (Lipinski definition) is 1.